The van der Waals surface area contributed by atoms with Gasteiger partial charge in [0.05, 0.1) is 0 Å². The summed E-state index contributed by atoms with van der Waals surface area (Å²) in [4.78, 5) is 10.3. The Morgan fingerprint density at radius 2 is 2.00 bits per heavy atom. The maximum absolute atomic E-state index is 10.3. The van der Waals surface area contributed by atoms with Gasteiger partial charge in [0.25, 0.3) is 0 Å². The average molecular weight is 204 g/mol. The van der Waals surface area contributed by atoms with Crippen LogP contribution in [0.3, 0.4) is 0 Å². The van der Waals surface area contributed by atoms with Crippen LogP contribution in [0.25, 0.3) is 0 Å². The molecule has 0 amide bonds. The summed E-state index contributed by atoms with van der Waals surface area (Å²) in [7, 11) is 0. The Balaban J connectivity index is 0. The van der Waals surface area contributed by atoms with Crippen LogP contribution in [0.1, 0.15) is 20.8 Å². The first-order chi connectivity index (χ1) is 5.07. The Morgan fingerprint density at radius 1 is 1.50 bits per heavy atom. The summed E-state index contributed by atoms with van der Waals surface area (Å²) in [6.07, 6.45) is -1.26. The molecule has 70 valence electrons. The van der Waals surface area contributed by atoms with Gasteiger partial charge in [-0.25, -0.2) is 4.79 Å². The fourth-order valence-corrected chi connectivity index (χ4v) is 0.620. The van der Waals surface area contributed by atoms with Crippen molar-refractivity contribution in [3.63, 3.8) is 0 Å². The van der Waals surface area contributed by atoms with Crippen molar-refractivity contribution >= 4 is 43.7 Å². The first kappa shape index (κ1) is 15.1. The number of ether oxygens (including phenoxy) is 2. The van der Waals surface area contributed by atoms with Crippen LogP contribution in [0.4, 0.5) is 0 Å². The van der Waals surface area contributed by atoms with Gasteiger partial charge in [-0.3, -0.25) is 0 Å². The van der Waals surface area contributed by atoms with Gasteiger partial charge in [0.15, 0.2) is 12.4 Å². The van der Waals surface area contributed by atoms with Crippen LogP contribution in [0.5, 0.6) is 0 Å². The van der Waals surface area contributed by atoms with Gasteiger partial charge in [-0.1, -0.05) is 0 Å². The fraction of sp³-hybridized carbons (Fsp3) is 0.857. The molecule has 0 aliphatic rings. The van der Waals surface area contributed by atoms with Gasteiger partial charge in [-0.2, -0.15) is 0 Å². The van der Waals surface area contributed by atoms with E-state index in [4.69, 9.17) is 14.6 Å². The van der Waals surface area contributed by atoms with Gasteiger partial charge in [0.2, 0.25) is 0 Å². The predicted molar refractivity (Wildman–Crippen MR) is 47.8 cm³/mol. The van der Waals surface area contributed by atoms with Crippen LogP contribution in [0.2, 0.25) is 0 Å². The summed E-state index contributed by atoms with van der Waals surface area (Å²) in [6, 6.07) is 0. The summed E-state index contributed by atoms with van der Waals surface area (Å²) in [5, 5.41) is 8.42. The van der Waals surface area contributed by atoms with Crippen molar-refractivity contribution in [3.05, 3.63) is 0 Å². The van der Waals surface area contributed by atoms with Crippen molar-refractivity contribution in [2.75, 3.05) is 6.61 Å². The summed E-state index contributed by atoms with van der Waals surface area (Å²) in [5.74, 6) is -0.975. The van der Waals surface area contributed by atoms with E-state index in [2.05, 4.69) is 0 Å². The van der Waals surface area contributed by atoms with Crippen molar-refractivity contribution in [2.45, 2.75) is 33.2 Å². The minimum atomic E-state index is -0.975. The number of carboxylic acids is 1. The van der Waals surface area contributed by atoms with Crippen molar-refractivity contribution in [1.29, 1.82) is 0 Å². The first-order valence-corrected chi connectivity index (χ1v) is 3.57. The molecule has 0 aromatic rings. The Hall–Kier alpha value is 0.650. The molecular formula is C7H16CaO4. The van der Waals surface area contributed by atoms with Crippen molar-refractivity contribution in [1.82, 2.24) is 0 Å². The Bertz CT molecular complexity index is 129. The number of hydrogen-bond donors (Lipinski definition) is 1. The van der Waals surface area contributed by atoms with Crippen molar-refractivity contribution in [3.8, 4) is 0 Å². The molecule has 2 atom stereocenters. The molecule has 0 spiro atoms. The molecule has 0 saturated heterocycles. The number of carboxylic acid groups (broad SMARTS) is 1. The van der Waals surface area contributed by atoms with Gasteiger partial charge in [0, 0.05) is 6.61 Å². The molecule has 0 heterocycles. The summed E-state index contributed by atoms with van der Waals surface area (Å²) >= 11 is 0. The molecule has 0 aromatic carbocycles. The monoisotopic (exact) mass is 204 g/mol. The number of rotatable bonds is 5. The van der Waals surface area contributed by atoms with Gasteiger partial charge < -0.3 is 14.6 Å². The Kier molecular flexibility index (Phi) is 10.4. The maximum atomic E-state index is 10.3. The third-order valence-electron chi connectivity index (χ3n) is 1.14. The van der Waals surface area contributed by atoms with Crippen LogP contribution in [-0.4, -0.2) is 67.8 Å². The molecule has 0 aliphatic heterocycles. The molecule has 0 bridgehead atoms. The van der Waals surface area contributed by atoms with E-state index >= 15 is 0 Å². The average Bonchev–Trinajstić information content (AvgIpc) is 1.87. The van der Waals surface area contributed by atoms with Crippen molar-refractivity contribution in [2.24, 2.45) is 0 Å². The van der Waals surface area contributed by atoms with Crippen molar-refractivity contribution < 1.29 is 19.4 Å². The molecule has 0 rings (SSSR count). The molecule has 5 heteroatoms. The molecule has 4 nitrogen and oxygen atoms in total. The number of carbonyl (C=O) groups is 1. The van der Waals surface area contributed by atoms with Crippen LogP contribution < -0.4 is 0 Å². The summed E-state index contributed by atoms with van der Waals surface area (Å²) in [6.45, 7) is 5.49. The quantitative estimate of drug-likeness (QED) is 0.503. The van der Waals surface area contributed by atoms with E-state index in [1.54, 1.807) is 6.92 Å². The van der Waals surface area contributed by atoms with Crippen LogP contribution in [0.15, 0.2) is 0 Å². The van der Waals surface area contributed by atoms with Crippen LogP contribution in [0, 0.1) is 0 Å². The van der Waals surface area contributed by atoms with E-state index in [9.17, 15) is 4.79 Å². The van der Waals surface area contributed by atoms with E-state index < -0.39 is 18.4 Å². The third-order valence-corrected chi connectivity index (χ3v) is 1.14. The second-order valence-corrected chi connectivity index (χ2v) is 2.14. The third kappa shape index (κ3) is 7.31. The summed E-state index contributed by atoms with van der Waals surface area (Å²) in [5.41, 5.74) is 0. The van der Waals surface area contributed by atoms with Gasteiger partial charge in [-0.05, 0) is 20.8 Å². The zero-order chi connectivity index (χ0) is 8.85. The predicted octanol–water partition coefficient (Wildman–Crippen LogP) is -0.0576. The molecule has 0 radical (unpaired) electrons. The molecule has 1 N–H and O–H groups in total. The van der Waals surface area contributed by atoms with E-state index in [1.807, 2.05) is 6.92 Å². The molecule has 0 aliphatic carbocycles. The van der Waals surface area contributed by atoms with E-state index in [-0.39, 0.29) is 37.7 Å². The van der Waals surface area contributed by atoms with Gasteiger partial charge in [0.1, 0.15) is 0 Å². The minimum absolute atomic E-state index is 0. The molecule has 0 fully saturated rings. The second-order valence-electron chi connectivity index (χ2n) is 2.14. The zero-order valence-corrected chi connectivity index (χ0v) is 7.03. The van der Waals surface area contributed by atoms with Crippen LogP contribution in [-0.2, 0) is 14.3 Å². The topological polar surface area (TPSA) is 55.8 Å². The van der Waals surface area contributed by atoms with Gasteiger partial charge >= 0.3 is 43.7 Å². The van der Waals surface area contributed by atoms with Crippen LogP contribution >= 0.6 is 0 Å². The second kappa shape index (κ2) is 8.26. The molecule has 0 aromatic heterocycles. The standard InChI is InChI=1S/C7H14O4.Ca.2H/c1-4-10-6(3)11-5(2)7(8)9;;;/h5-6H,4H2,1-3H3,(H,8,9);;;. The molecule has 2 unspecified atom stereocenters. The van der Waals surface area contributed by atoms with E-state index in [1.165, 1.54) is 6.92 Å². The fourth-order valence-electron chi connectivity index (χ4n) is 0.620. The molecular weight excluding hydrogens is 188 g/mol. The normalized spacial score (nSPS) is 14.6. The Labute approximate surface area is 102 Å². The molecule has 12 heavy (non-hydrogen) atoms. The number of hydrogen-bond acceptors (Lipinski definition) is 3. The molecule has 0 saturated carbocycles. The first-order valence-electron chi connectivity index (χ1n) is 3.57. The Morgan fingerprint density at radius 3 is 2.33 bits per heavy atom. The number of aliphatic carboxylic acids is 1. The van der Waals surface area contributed by atoms with Gasteiger partial charge in [-0.15, -0.1) is 0 Å². The summed E-state index contributed by atoms with van der Waals surface area (Å²) < 4.78 is 9.91. The van der Waals surface area contributed by atoms with E-state index in [0.717, 1.165) is 0 Å². The SMILES string of the molecule is CCOC(C)OC(C)C(=O)O.[CaH2]. The van der Waals surface area contributed by atoms with E-state index in [0.29, 0.717) is 6.61 Å². The zero-order valence-electron chi connectivity index (χ0n) is 7.03.